The molecule has 0 atom stereocenters. The summed E-state index contributed by atoms with van der Waals surface area (Å²) < 4.78 is 5.31. The van der Waals surface area contributed by atoms with Crippen molar-refractivity contribution in [2.24, 2.45) is 0 Å². The maximum atomic E-state index is 10.5. The Labute approximate surface area is 93.5 Å². The molecule has 0 radical (unpaired) electrons. The van der Waals surface area contributed by atoms with Crippen LogP contribution in [0.2, 0.25) is 0 Å². The molecule has 1 aromatic carbocycles. The first-order chi connectivity index (χ1) is 7.72. The number of rotatable bonds is 6. The monoisotopic (exact) mass is 226 g/mol. The fraction of sp³-hybridized carbons (Fsp3) is 0.364. The molecular weight excluding hydrogens is 212 g/mol. The first-order valence-electron chi connectivity index (χ1n) is 4.91. The molecule has 1 aromatic rings. The van der Waals surface area contributed by atoms with Crippen LogP contribution in [0, 0.1) is 0 Å². The highest BCUT2D eigenvalue weighted by molar-refractivity contribution is 5.65. The van der Waals surface area contributed by atoms with E-state index >= 15 is 0 Å². The average molecular weight is 226 g/mol. The van der Waals surface area contributed by atoms with E-state index in [1.807, 2.05) is 0 Å². The van der Waals surface area contributed by atoms with Gasteiger partial charge in [-0.2, -0.15) is 0 Å². The van der Waals surface area contributed by atoms with Crippen LogP contribution >= 0.6 is 0 Å². The van der Waals surface area contributed by atoms with E-state index in [2.05, 4.69) is 4.89 Å². The molecule has 0 bridgehead atoms. The zero-order valence-electron chi connectivity index (χ0n) is 9.01. The minimum atomic E-state index is -0.522. The van der Waals surface area contributed by atoms with Gasteiger partial charge in [-0.05, 0) is 12.1 Å². The Kier molecular flexibility index (Phi) is 5.15. The third-order valence-electron chi connectivity index (χ3n) is 1.63. The van der Waals surface area contributed by atoms with Crippen LogP contribution in [0.1, 0.15) is 13.3 Å². The number of carbonyl (C=O) groups is 1. The van der Waals surface area contributed by atoms with Crippen LogP contribution in [0.25, 0.3) is 0 Å². The summed E-state index contributed by atoms with van der Waals surface area (Å²) in [4.78, 5) is 19.6. The number of aliphatic hydroxyl groups excluding tert-OH is 1. The van der Waals surface area contributed by atoms with Gasteiger partial charge in [0.1, 0.15) is 5.75 Å². The largest absolute Gasteiger partial charge is 0.493 e. The number of carbonyl (C=O) groups excluding carboxylic acids is 1. The Bertz CT molecular complexity index is 337. The van der Waals surface area contributed by atoms with Crippen LogP contribution in [-0.2, 0) is 9.68 Å². The van der Waals surface area contributed by atoms with Crippen molar-refractivity contribution in [3.05, 3.63) is 24.3 Å². The van der Waals surface area contributed by atoms with E-state index in [0.717, 1.165) is 0 Å². The second kappa shape index (κ2) is 6.68. The van der Waals surface area contributed by atoms with E-state index in [1.165, 1.54) is 6.92 Å². The molecule has 16 heavy (non-hydrogen) atoms. The predicted molar refractivity (Wildman–Crippen MR) is 56.0 cm³/mol. The van der Waals surface area contributed by atoms with Gasteiger partial charge in [-0.15, -0.1) is 0 Å². The SMILES string of the molecule is CC(=O)OOc1cccc(OCCCO)c1. The highest BCUT2D eigenvalue weighted by Gasteiger charge is 2.00. The molecule has 0 saturated heterocycles. The highest BCUT2D eigenvalue weighted by Crippen LogP contribution is 2.19. The number of aliphatic hydroxyl groups is 1. The third kappa shape index (κ3) is 4.65. The topological polar surface area (TPSA) is 65.0 Å². The molecule has 0 unspecified atom stereocenters. The van der Waals surface area contributed by atoms with Crippen LogP contribution in [0.15, 0.2) is 24.3 Å². The van der Waals surface area contributed by atoms with Gasteiger partial charge in [0.25, 0.3) is 0 Å². The molecular formula is C11H14O5. The van der Waals surface area contributed by atoms with Crippen molar-refractivity contribution in [1.82, 2.24) is 0 Å². The highest BCUT2D eigenvalue weighted by atomic mass is 17.2. The Morgan fingerprint density at radius 1 is 1.38 bits per heavy atom. The van der Waals surface area contributed by atoms with Gasteiger partial charge in [0.2, 0.25) is 0 Å². The Hall–Kier alpha value is -1.75. The third-order valence-corrected chi connectivity index (χ3v) is 1.63. The summed E-state index contributed by atoms with van der Waals surface area (Å²) in [5.41, 5.74) is 0. The lowest BCUT2D eigenvalue weighted by Gasteiger charge is -2.06. The lowest BCUT2D eigenvalue weighted by molar-refractivity contribution is -0.210. The molecule has 1 rings (SSSR count). The average Bonchev–Trinajstić information content (AvgIpc) is 2.27. The molecule has 0 heterocycles. The first-order valence-corrected chi connectivity index (χ1v) is 4.91. The fourth-order valence-corrected chi connectivity index (χ4v) is 0.977. The van der Waals surface area contributed by atoms with Crippen molar-refractivity contribution in [3.63, 3.8) is 0 Å². The van der Waals surface area contributed by atoms with Gasteiger partial charge >= 0.3 is 5.97 Å². The van der Waals surface area contributed by atoms with Crippen molar-refractivity contribution in [3.8, 4) is 11.5 Å². The van der Waals surface area contributed by atoms with Gasteiger partial charge in [-0.1, -0.05) is 6.07 Å². The zero-order valence-corrected chi connectivity index (χ0v) is 9.01. The Morgan fingerprint density at radius 3 is 2.81 bits per heavy atom. The lowest BCUT2D eigenvalue weighted by Crippen LogP contribution is -2.03. The first kappa shape index (κ1) is 12.3. The van der Waals surface area contributed by atoms with E-state index in [0.29, 0.717) is 24.5 Å². The summed E-state index contributed by atoms with van der Waals surface area (Å²) in [6.07, 6.45) is 0.565. The molecule has 1 N–H and O–H groups in total. The van der Waals surface area contributed by atoms with Crippen molar-refractivity contribution in [2.75, 3.05) is 13.2 Å². The molecule has 0 aliphatic carbocycles. The lowest BCUT2D eigenvalue weighted by atomic mass is 10.3. The molecule has 5 heteroatoms. The summed E-state index contributed by atoms with van der Waals surface area (Å²) in [7, 11) is 0. The van der Waals surface area contributed by atoms with Gasteiger partial charge < -0.3 is 9.84 Å². The summed E-state index contributed by atoms with van der Waals surface area (Å²) in [5, 5.41) is 8.58. The standard InChI is InChI=1S/C11H14O5/c1-9(13)15-16-11-5-2-4-10(8-11)14-7-3-6-12/h2,4-5,8,12H,3,6-7H2,1H3. The Morgan fingerprint density at radius 2 is 2.12 bits per heavy atom. The summed E-state index contributed by atoms with van der Waals surface area (Å²) in [6, 6.07) is 6.70. The van der Waals surface area contributed by atoms with Crippen LogP contribution in [0.3, 0.4) is 0 Å². The van der Waals surface area contributed by atoms with Crippen LogP contribution in [0.5, 0.6) is 11.5 Å². The molecule has 0 aliphatic heterocycles. The minimum Gasteiger partial charge on any atom is -0.493 e. The van der Waals surface area contributed by atoms with Gasteiger partial charge in [0.15, 0.2) is 5.75 Å². The predicted octanol–water partition coefficient (Wildman–Crippen LogP) is 1.30. The number of benzene rings is 1. The maximum absolute atomic E-state index is 10.5. The van der Waals surface area contributed by atoms with Crippen molar-refractivity contribution >= 4 is 5.97 Å². The van der Waals surface area contributed by atoms with Crippen molar-refractivity contribution in [1.29, 1.82) is 0 Å². The molecule has 0 fully saturated rings. The second-order valence-electron chi connectivity index (χ2n) is 3.06. The zero-order chi connectivity index (χ0) is 11.8. The number of ether oxygens (including phenoxy) is 1. The van der Waals surface area contributed by atoms with Gasteiger partial charge in [0.05, 0.1) is 6.61 Å². The summed E-state index contributed by atoms with van der Waals surface area (Å²) in [6.45, 7) is 1.76. The van der Waals surface area contributed by atoms with E-state index < -0.39 is 5.97 Å². The second-order valence-corrected chi connectivity index (χ2v) is 3.06. The van der Waals surface area contributed by atoms with Gasteiger partial charge in [0, 0.05) is 26.0 Å². The van der Waals surface area contributed by atoms with E-state index in [9.17, 15) is 4.79 Å². The molecule has 5 nitrogen and oxygen atoms in total. The summed E-state index contributed by atoms with van der Waals surface area (Å²) >= 11 is 0. The minimum absolute atomic E-state index is 0.0869. The summed E-state index contributed by atoms with van der Waals surface area (Å²) in [5.74, 6) is 0.460. The molecule has 88 valence electrons. The van der Waals surface area contributed by atoms with Crippen LogP contribution in [-0.4, -0.2) is 24.3 Å². The molecule has 0 amide bonds. The van der Waals surface area contributed by atoms with E-state index in [4.69, 9.17) is 14.7 Å². The fourth-order valence-electron chi connectivity index (χ4n) is 0.977. The van der Waals surface area contributed by atoms with Crippen LogP contribution in [0.4, 0.5) is 0 Å². The Balaban J connectivity index is 2.46. The maximum Gasteiger partial charge on any atom is 0.352 e. The van der Waals surface area contributed by atoms with E-state index in [1.54, 1.807) is 24.3 Å². The van der Waals surface area contributed by atoms with E-state index in [-0.39, 0.29) is 6.61 Å². The van der Waals surface area contributed by atoms with Crippen molar-refractivity contribution < 1.29 is 24.4 Å². The molecule has 0 aromatic heterocycles. The van der Waals surface area contributed by atoms with Gasteiger partial charge in [-0.3, -0.25) is 9.78 Å². The normalized spacial score (nSPS) is 9.62. The molecule has 0 aliphatic rings. The number of hydrogen-bond acceptors (Lipinski definition) is 5. The van der Waals surface area contributed by atoms with Crippen LogP contribution < -0.4 is 9.62 Å². The van der Waals surface area contributed by atoms with Crippen molar-refractivity contribution in [2.45, 2.75) is 13.3 Å². The smallest absolute Gasteiger partial charge is 0.352 e. The number of hydrogen-bond donors (Lipinski definition) is 1. The molecule has 0 saturated carbocycles. The quantitative estimate of drug-likeness (QED) is 0.450. The van der Waals surface area contributed by atoms with Gasteiger partial charge in [-0.25, -0.2) is 4.79 Å². The molecule has 0 spiro atoms.